The molecule has 10 heteroatoms. The minimum atomic E-state index is -0.370. The van der Waals surface area contributed by atoms with Crippen LogP contribution in [0.1, 0.15) is 12.5 Å². The zero-order valence-corrected chi connectivity index (χ0v) is 15.6. The maximum absolute atomic E-state index is 12.9. The number of thioether (sulfide) groups is 1. The van der Waals surface area contributed by atoms with E-state index < -0.39 is 0 Å². The van der Waals surface area contributed by atoms with Crippen LogP contribution in [0.3, 0.4) is 0 Å². The fourth-order valence-electron chi connectivity index (χ4n) is 2.11. The van der Waals surface area contributed by atoms with Crippen molar-refractivity contribution in [3.05, 3.63) is 65.7 Å². The van der Waals surface area contributed by atoms with E-state index in [0.717, 1.165) is 17.3 Å². The first-order valence-electron chi connectivity index (χ1n) is 8.16. The molecule has 0 fully saturated rings. The fraction of sp³-hybridized carbons (Fsp3) is 0.111. The maximum atomic E-state index is 12.9. The molecule has 0 aliphatic carbocycles. The third kappa shape index (κ3) is 5.61. The molecule has 1 aromatic heterocycles. The van der Waals surface area contributed by atoms with Gasteiger partial charge in [0.2, 0.25) is 17.0 Å². The summed E-state index contributed by atoms with van der Waals surface area (Å²) in [6, 6.07) is 11.5. The number of amides is 1. The molecule has 0 atom stereocenters. The lowest BCUT2D eigenvalue weighted by Crippen LogP contribution is -2.14. The zero-order valence-electron chi connectivity index (χ0n) is 14.7. The Bertz CT molecular complexity index is 973. The third-order valence-electron chi connectivity index (χ3n) is 3.52. The summed E-state index contributed by atoms with van der Waals surface area (Å²) in [7, 11) is 0. The highest BCUT2D eigenvalue weighted by atomic mass is 32.2. The van der Waals surface area contributed by atoms with Gasteiger partial charge in [0.1, 0.15) is 11.6 Å². The summed E-state index contributed by atoms with van der Waals surface area (Å²) in [5.74, 6) is -0.550. The number of hydrogen-bond acceptors (Lipinski definition) is 6. The summed E-state index contributed by atoms with van der Waals surface area (Å²) in [6.45, 7) is 1.77. The number of H-pyrrole nitrogens is 1. The van der Waals surface area contributed by atoms with E-state index in [1.54, 1.807) is 19.1 Å². The normalized spacial score (nSPS) is 11.3. The first-order valence-corrected chi connectivity index (χ1v) is 9.15. The molecule has 28 heavy (non-hydrogen) atoms. The van der Waals surface area contributed by atoms with Crippen LogP contribution >= 0.6 is 11.8 Å². The molecule has 0 unspecified atom stereocenters. The van der Waals surface area contributed by atoms with Crippen LogP contribution in [0, 0.1) is 11.6 Å². The Kier molecular flexibility index (Phi) is 6.33. The van der Waals surface area contributed by atoms with Crippen LogP contribution in [-0.2, 0) is 4.79 Å². The van der Waals surface area contributed by atoms with Crippen LogP contribution in [0.5, 0.6) is 0 Å². The van der Waals surface area contributed by atoms with E-state index in [9.17, 15) is 13.6 Å². The number of carbonyl (C=O) groups excluding carboxylic acids is 1. The largest absolute Gasteiger partial charge is 0.325 e. The second-order valence-corrected chi connectivity index (χ2v) is 6.57. The number of hydrogen-bond donors (Lipinski definition) is 3. The Hall–Kier alpha value is -3.27. The molecule has 3 N–H and O–H groups in total. The van der Waals surface area contributed by atoms with Gasteiger partial charge in [-0.25, -0.2) is 19.3 Å². The zero-order chi connectivity index (χ0) is 19.9. The topological polar surface area (TPSA) is 95.1 Å². The summed E-state index contributed by atoms with van der Waals surface area (Å²) in [6.07, 6.45) is 0. The summed E-state index contributed by atoms with van der Waals surface area (Å²) < 4.78 is 25.8. The number of hydrazone groups is 1. The molecule has 0 aliphatic heterocycles. The van der Waals surface area contributed by atoms with Gasteiger partial charge < -0.3 is 5.32 Å². The molecule has 1 heterocycles. The number of benzene rings is 2. The van der Waals surface area contributed by atoms with Crippen molar-refractivity contribution in [1.29, 1.82) is 0 Å². The minimum absolute atomic E-state index is 0.0898. The number of anilines is 2. The molecule has 1 amide bonds. The number of rotatable bonds is 7. The highest BCUT2D eigenvalue weighted by Gasteiger charge is 2.08. The molecule has 0 saturated carbocycles. The summed E-state index contributed by atoms with van der Waals surface area (Å²) >= 11 is 1.13. The highest BCUT2D eigenvalue weighted by Crippen LogP contribution is 2.15. The number of aromatic amines is 1. The molecule has 0 bridgehead atoms. The molecule has 0 radical (unpaired) electrons. The molecule has 144 valence electrons. The van der Waals surface area contributed by atoms with Gasteiger partial charge in [0, 0.05) is 5.69 Å². The van der Waals surface area contributed by atoms with Crippen molar-refractivity contribution >= 4 is 35.0 Å². The van der Waals surface area contributed by atoms with Gasteiger partial charge in [0.15, 0.2) is 0 Å². The van der Waals surface area contributed by atoms with E-state index in [0.29, 0.717) is 22.5 Å². The first-order chi connectivity index (χ1) is 13.5. The van der Waals surface area contributed by atoms with Crippen molar-refractivity contribution in [2.75, 3.05) is 16.5 Å². The second kappa shape index (κ2) is 9.09. The van der Waals surface area contributed by atoms with E-state index in [4.69, 9.17) is 0 Å². The first kappa shape index (κ1) is 19.5. The van der Waals surface area contributed by atoms with Gasteiger partial charge in [0.25, 0.3) is 0 Å². The monoisotopic (exact) mass is 402 g/mol. The number of carbonyl (C=O) groups is 1. The molecule has 3 aromatic rings. The van der Waals surface area contributed by atoms with Gasteiger partial charge in [-0.15, -0.1) is 5.10 Å². The maximum Gasteiger partial charge on any atom is 0.240 e. The summed E-state index contributed by atoms with van der Waals surface area (Å²) in [5, 5.41) is 13.8. The van der Waals surface area contributed by atoms with E-state index in [2.05, 4.69) is 31.0 Å². The molecule has 0 spiro atoms. The number of nitrogens with zero attached hydrogens (tertiary/aromatic N) is 3. The Morgan fingerprint density at radius 1 is 1.11 bits per heavy atom. The lowest BCUT2D eigenvalue weighted by Gasteiger charge is -2.03. The van der Waals surface area contributed by atoms with Crippen molar-refractivity contribution < 1.29 is 13.6 Å². The van der Waals surface area contributed by atoms with Crippen molar-refractivity contribution in [2.24, 2.45) is 5.10 Å². The van der Waals surface area contributed by atoms with Gasteiger partial charge >= 0.3 is 0 Å². The van der Waals surface area contributed by atoms with Gasteiger partial charge in [-0.2, -0.15) is 10.1 Å². The Morgan fingerprint density at radius 2 is 1.75 bits per heavy atom. The summed E-state index contributed by atoms with van der Waals surface area (Å²) in [4.78, 5) is 16.1. The second-order valence-electron chi connectivity index (χ2n) is 5.63. The van der Waals surface area contributed by atoms with Gasteiger partial charge in [0.05, 0.1) is 11.5 Å². The minimum Gasteiger partial charge on any atom is -0.325 e. The average Bonchev–Trinajstić information content (AvgIpc) is 3.15. The molecular weight excluding hydrogens is 386 g/mol. The smallest absolute Gasteiger partial charge is 0.240 e. The quantitative estimate of drug-likeness (QED) is 0.319. The third-order valence-corrected chi connectivity index (χ3v) is 4.36. The van der Waals surface area contributed by atoms with Crippen LogP contribution in [0.4, 0.5) is 20.4 Å². The lowest BCUT2D eigenvalue weighted by molar-refractivity contribution is -0.113. The number of halogens is 2. The van der Waals surface area contributed by atoms with Crippen molar-refractivity contribution in [2.45, 2.75) is 12.1 Å². The van der Waals surface area contributed by atoms with Crippen LogP contribution in [0.25, 0.3) is 0 Å². The van der Waals surface area contributed by atoms with E-state index in [-0.39, 0.29) is 23.3 Å². The lowest BCUT2D eigenvalue weighted by atomic mass is 10.1. The van der Waals surface area contributed by atoms with Gasteiger partial charge in [-0.3, -0.25) is 4.79 Å². The van der Waals surface area contributed by atoms with Crippen LogP contribution < -0.4 is 10.7 Å². The Morgan fingerprint density at radius 3 is 2.43 bits per heavy atom. The molecular formula is C18H16F2N6OS. The molecule has 0 saturated heterocycles. The Labute approximate surface area is 163 Å². The SMILES string of the molecule is C/C(=N\Nc1nc(SCC(=O)Nc2ccc(F)cc2)n[nH]1)c1ccc(F)cc1. The average molecular weight is 402 g/mol. The Balaban J connectivity index is 1.49. The van der Waals surface area contributed by atoms with E-state index in [1.165, 1.54) is 36.4 Å². The molecule has 7 nitrogen and oxygen atoms in total. The standard InChI is InChI=1S/C18H16F2N6OS/c1-11(12-2-4-13(19)5-3-12)23-24-17-22-18(26-25-17)28-10-16(27)21-15-8-6-14(20)7-9-15/h2-9H,10H2,1H3,(H,21,27)(H2,22,24,25,26)/b23-11+. The number of nitrogens with one attached hydrogen (secondary N) is 3. The predicted molar refractivity (Wildman–Crippen MR) is 104 cm³/mol. The van der Waals surface area contributed by atoms with Crippen molar-refractivity contribution in [1.82, 2.24) is 15.2 Å². The molecule has 0 aliphatic rings. The van der Waals surface area contributed by atoms with Crippen molar-refractivity contribution in [3.8, 4) is 0 Å². The van der Waals surface area contributed by atoms with Crippen LogP contribution in [0.15, 0.2) is 58.8 Å². The molecule has 2 aromatic carbocycles. The van der Waals surface area contributed by atoms with Crippen LogP contribution in [0.2, 0.25) is 0 Å². The number of aromatic nitrogens is 3. The van der Waals surface area contributed by atoms with E-state index in [1.807, 2.05) is 0 Å². The highest BCUT2D eigenvalue weighted by molar-refractivity contribution is 7.99. The van der Waals surface area contributed by atoms with Gasteiger partial charge in [-0.1, -0.05) is 23.9 Å². The predicted octanol–water partition coefficient (Wildman–Crippen LogP) is 3.65. The van der Waals surface area contributed by atoms with E-state index >= 15 is 0 Å². The van der Waals surface area contributed by atoms with Crippen LogP contribution in [-0.4, -0.2) is 32.6 Å². The van der Waals surface area contributed by atoms with Crippen molar-refractivity contribution in [3.63, 3.8) is 0 Å². The van der Waals surface area contributed by atoms with Gasteiger partial charge in [-0.05, 0) is 48.9 Å². The summed E-state index contributed by atoms with van der Waals surface area (Å²) in [5.41, 5.74) is 4.64. The fourth-order valence-corrected chi connectivity index (χ4v) is 2.71. The molecule has 3 rings (SSSR count).